The zero-order valence-corrected chi connectivity index (χ0v) is 8.31. The van der Waals surface area contributed by atoms with Crippen LogP contribution in [0, 0.1) is 18.3 Å². The molecule has 0 unspecified atom stereocenters. The second-order valence-corrected chi connectivity index (χ2v) is 3.89. The molecule has 0 aromatic carbocycles. The molecule has 1 aromatic heterocycles. The van der Waals surface area contributed by atoms with Crippen molar-refractivity contribution in [2.24, 2.45) is 0 Å². The van der Waals surface area contributed by atoms with Crippen LogP contribution in [0.2, 0.25) is 0 Å². The highest BCUT2D eigenvalue weighted by Crippen LogP contribution is 2.12. The van der Waals surface area contributed by atoms with Crippen molar-refractivity contribution in [3.05, 3.63) is 21.9 Å². The van der Waals surface area contributed by atoms with Gasteiger partial charge in [-0.2, -0.15) is 5.26 Å². The molecule has 1 amide bonds. The number of hydrogen-bond acceptors (Lipinski definition) is 3. The molecule has 0 fully saturated rings. The van der Waals surface area contributed by atoms with Crippen molar-refractivity contribution in [2.75, 3.05) is 0 Å². The monoisotopic (exact) mass is 194 g/mol. The quantitative estimate of drug-likeness (QED) is 0.779. The molecule has 0 saturated heterocycles. The van der Waals surface area contributed by atoms with Gasteiger partial charge < -0.3 is 5.32 Å². The summed E-state index contributed by atoms with van der Waals surface area (Å²) < 4.78 is 0. The summed E-state index contributed by atoms with van der Waals surface area (Å²) in [5.41, 5.74) is 0.629. The largest absolute Gasteiger partial charge is 0.337 e. The summed E-state index contributed by atoms with van der Waals surface area (Å²) in [5.74, 6) is -0.182. The lowest BCUT2D eigenvalue weighted by Gasteiger charge is -2.03. The Hall–Kier alpha value is -1.34. The van der Waals surface area contributed by atoms with Crippen LogP contribution in [-0.4, -0.2) is 11.9 Å². The van der Waals surface area contributed by atoms with Crippen LogP contribution < -0.4 is 5.32 Å². The van der Waals surface area contributed by atoms with Gasteiger partial charge in [0.05, 0.1) is 11.6 Å². The molecule has 68 valence electrons. The van der Waals surface area contributed by atoms with Crippen LogP contribution in [0.25, 0.3) is 0 Å². The van der Waals surface area contributed by atoms with Crippen LogP contribution in [-0.2, 0) is 0 Å². The van der Waals surface area contributed by atoms with Gasteiger partial charge in [-0.05, 0) is 19.9 Å². The molecule has 0 aliphatic carbocycles. The molecule has 4 heteroatoms. The molecule has 1 atom stereocenters. The van der Waals surface area contributed by atoms with Gasteiger partial charge in [-0.15, -0.1) is 11.3 Å². The van der Waals surface area contributed by atoms with Crippen molar-refractivity contribution in [3.8, 4) is 6.07 Å². The smallest absolute Gasteiger partial charge is 0.253 e. The summed E-state index contributed by atoms with van der Waals surface area (Å²) in [7, 11) is 0. The molecule has 1 rings (SSSR count). The third-order valence-corrected chi connectivity index (χ3v) is 2.40. The standard InChI is InChI=1S/C9H10N2OS/c1-6(4-10)11-9(12)8-3-7(2)13-5-8/h3,5-6H,1-2H3,(H,11,12)/t6-/m1/s1. The van der Waals surface area contributed by atoms with Crippen LogP contribution in [0.4, 0.5) is 0 Å². The molecule has 0 aliphatic heterocycles. The Kier molecular flexibility index (Phi) is 3.04. The summed E-state index contributed by atoms with van der Waals surface area (Å²) in [4.78, 5) is 12.5. The molecule has 1 heterocycles. The summed E-state index contributed by atoms with van der Waals surface area (Å²) in [6, 6.07) is 3.32. The van der Waals surface area contributed by atoms with E-state index in [-0.39, 0.29) is 5.91 Å². The van der Waals surface area contributed by atoms with E-state index in [9.17, 15) is 4.79 Å². The fourth-order valence-electron chi connectivity index (χ4n) is 0.875. The van der Waals surface area contributed by atoms with Crippen LogP contribution in [0.1, 0.15) is 22.2 Å². The third kappa shape index (κ3) is 2.56. The maximum atomic E-state index is 11.4. The van der Waals surface area contributed by atoms with Crippen molar-refractivity contribution < 1.29 is 4.79 Å². The van der Waals surface area contributed by atoms with E-state index in [1.54, 1.807) is 12.3 Å². The van der Waals surface area contributed by atoms with E-state index in [2.05, 4.69) is 5.32 Å². The molecular weight excluding hydrogens is 184 g/mol. The van der Waals surface area contributed by atoms with Gasteiger partial charge >= 0.3 is 0 Å². The number of rotatable bonds is 2. The van der Waals surface area contributed by atoms with Gasteiger partial charge in [0.1, 0.15) is 6.04 Å². The number of carbonyl (C=O) groups is 1. The van der Waals surface area contributed by atoms with Gasteiger partial charge in [-0.25, -0.2) is 0 Å². The number of carbonyl (C=O) groups excluding carboxylic acids is 1. The first kappa shape index (κ1) is 9.75. The van der Waals surface area contributed by atoms with Gasteiger partial charge in [0.2, 0.25) is 0 Å². The topological polar surface area (TPSA) is 52.9 Å². The number of hydrogen-bond donors (Lipinski definition) is 1. The van der Waals surface area contributed by atoms with E-state index in [1.165, 1.54) is 11.3 Å². The highest BCUT2D eigenvalue weighted by Gasteiger charge is 2.09. The third-order valence-electron chi connectivity index (χ3n) is 1.53. The highest BCUT2D eigenvalue weighted by atomic mass is 32.1. The minimum Gasteiger partial charge on any atom is -0.337 e. The highest BCUT2D eigenvalue weighted by molar-refractivity contribution is 7.10. The molecule has 0 radical (unpaired) electrons. The van der Waals surface area contributed by atoms with Gasteiger partial charge in [-0.1, -0.05) is 0 Å². The first-order valence-corrected chi connectivity index (χ1v) is 4.77. The fraction of sp³-hybridized carbons (Fsp3) is 0.333. The molecule has 0 saturated carbocycles. The number of amides is 1. The minimum absolute atomic E-state index is 0.182. The number of nitrogens with one attached hydrogen (secondary N) is 1. The van der Waals surface area contributed by atoms with Crippen molar-refractivity contribution in [1.29, 1.82) is 5.26 Å². The summed E-state index contributed by atoms with van der Waals surface area (Å²) >= 11 is 1.52. The lowest BCUT2D eigenvalue weighted by atomic mass is 10.2. The van der Waals surface area contributed by atoms with E-state index in [0.717, 1.165) is 4.88 Å². The van der Waals surface area contributed by atoms with Crippen molar-refractivity contribution >= 4 is 17.2 Å². The lowest BCUT2D eigenvalue weighted by molar-refractivity contribution is 0.0948. The minimum atomic E-state index is -0.437. The normalized spacial score (nSPS) is 11.8. The zero-order chi connectivity index (χ0) is 9.84. The summed E-state index contributed by atoms with van der Waals surface area (Å²) in [6.07, 6.45) is 0. The van der Waals surface area contributed by atoms with E-state index < -0.39 is 6.04 Å². The van der Waals surface area contributed by atoms with Gasteiger partial charge in [0.15, 0.2) is 0 Å². The molecule has 1 aromatic rings. The second kappa shape index (κ2) is 4.06. The average Bonchev–Trinajstić information content (AvgIpc) is 2.51. The number of thiophene rings is 1. The Morgan fingerprint density at radius 2 is 2.46 bits per heavy atom. The zero-order valence-electron chi connectivity index (χ0n) is 7.50. The van der Waals surface area contributed by atoms with Crippen LogP contribution in [0.5, 0.6) is 0 Å². The van der Waals surface area contributed by atoms with Gasteiger partial charge in [-0.3, -0.25) is 4.79 Å². The summed E-state index contributed by atoms with van der Waals surface area (Å²) in [5, 5.41) is 12.8. The van der Waals surface area contributed by atoms with Gasteiger partial charge in [0.25, 0.3) is 5.91 Å². The van der Waals surface area contributed by atoms with Crippen molar-refractivity contribution in [3.63, 3.8) is 0 Å². The SMILES string of the molecule is Cc1cc(C(=O)N[C@H](C)C#N)cs1. The molecule has 0 bridgehead atoms. The van der Waals surface area contributed by atoms with Crippen LogP contribution in [0.3, 0.4) is 0 Å². The lowest BCUT2D eigenvalue weighted by Crippen LogP contribution is -2.30. The summed E-state index contributed by atoms with van der Waals surface area (Å²) in [6.45, 7) is 3.59. The van der Waals surface area contributed by atoms with Crippen molar-refractivity contribution in [1.82, 2.24) is 5.32 Å². The predicted molar refractivity (Wildman–Crippen MR) is 51.6 cm³/mol. The molecule has 1 N–H and O–H groups in total. The van der Waals surface area contributed by atoms with E-state index in [4.69, 9.17) is 5.26 Å². The van der Waals surface area contributed by atoms with Gasteiger partial charge in [0, 0.05) is 10.3 Å². The Morgan fingerprint density at radius 1 is 1.77 bits per heavy atom. The predicted octanol–water partition coefficient (Wildman–Crippen LogP) is 1.70. The number of nitriles is 1. The van der Waals surface area contributed by atoms with Crippen LogP contribution in [0.15, 0.2) is 11.4 Å². The van der Waals surface area contributed by atoms with E-state index in [1.807, 2.05) is 19.1 Å². The molecule has 0 spiro atoms. The van der Waals surface area contributed by atoms with E-state index in [0.29, 0.717) is 5.56 Å². The number of aryl methyl sites for hydroxylation is 1. The fourth-order valence-corrected chi connectivity index (χ4v) is 1.56. The van der Waals surface area contributed by atoms with Crippen molar-refractivity contribution in [2.45, 2.75) is 19.9 Å². The van der Waals surface area contributed by atoms with E-state index >= 15 is 0 Å². The Balaban J connectivity index is 2.65. The first-order chi connectivity index (χ1) is 6.13. The Morgan fingerprint density at radius 3 is 2.92 bits per heavy atom. The molecule has 13 heavy (non-hydrogen) atoms. The molecular formula is C9H10N2OS. The second-order valence-electron chi connectivity index (χ2n) is 2.77. The Labute approximate surface area is 81.0 Å². The van der Waals surface area contributed by atoms with Crippen LogP contribution >= 0.6 is 11.3 Å². The average molecular weight is 194 g/mol. The molecule has 0 aliphatic rings. The molecule has 3 nitrogen and oxygen atoms in total. The first-order valence-electron chi connectivity index (χ1n) is 3.89. The number of nitrogens with zero attached hydrogens (tertiary/aromatic N) is 1. The maximum absolute atomic E-state index is 11.4. The Bertz CT molecular complexity index is 351. The maximum Gasteiger partial charge on any atom is 0.253 e.